The van der Waals surface area contributed by atoms with Crippen LogP contribution in [-0.4, -0.2) is 15.0 Å². The lowest BCUT2D eigenvalue weighted by molar-refractivity contribution is 0.546. The number of aryl methyl sites for hydroxylation is 1. The van der Waals surface area contributed by atoms with Gasteiger partial charge in [-0.25, -0.2) is 15.0 Å². The lowest BCUT2D eigenvalue weighted by atomic mass is 9.82. The van der Waals surface area contributed by atoms with Gasteiger partial charge in [0.15, 0.2) is 11.6 Å². The van der Waals surface area contributed by atoms with Crippen molar-refractivity contribution in [2.24, 2.45) is 5.92 Å². The van der Waals surface area contributed by atoms with Crippen molar-refractivity contribution in [1.82, 2.24) is 15.0 Å². The largest absolute Gasteiger partial charge is 0.460 e. The maximum Gasteiger partial charge on any atom is 0.163 e. The molecule has 8 rings (SSSR count). The Labute approximate surface area is 239 Å². The quantitative estimate of drug-likeness (QED) is 0.233. The second kappa shape index (κ2) is 9.97. The van der Waals surface area contributed by atoms with Crippen molar-refractivity contribution < 1.29 is 4.42 Å². The Morgan fingerprint density at radius 2 is 1.56 bits per heavy atom. The third kappa shape index (κ3) is 4.46. The van der Waals surface area contributed by atoms with Crippen molar-refractivity contribution in [3.8, 4) is 22.8 Å². The average molecular weight is 532 g/mol. The van der Waals surface area contributed by atoms with Crippen LogP contribution in [0.5, 0.6) is 0 Å². The predicted octanol–water partition coefficient (Wildman–Crippen LogP) is 8.77. The van der Waals surface area contributed by atoms with Crippen molar-refractivity contribution in [3.63, 3.8) is 0 Å². The van der Waals surface area contributed by atoms with E-state index in [-0.39, 0.29) is 5.92 Å². The van der Waals surface area contributed by atoms with Crippen molar-refractivity contribution in [2.75, 3.05) is 0 Å². The van der Waals surface area contributed by atoms with Crippen LogP contribution in [0.3, 0.4) is 0 Å². The van der Waals surface area contributed by atoms with Crippen LogP contribution in [0.15, 0.2) is 113 Å². The standard InChI is InChI=1S/C37H29N3O/c1-2-9-26(10-3-1)35-38-36(27-17-14-25(15-18-27)29-19-16-24-8-4-5-11-28(24)22-29)40-37(39-35)30-20-21-32-31-12-6-7-13-33(31)41-34(32)23-30/h1-6,8-12,14-17,19-21,23,27,29H,7,13,18,22H2. The van der Waals surface area contributed by atoms with Gasteiger partial charge in [-0.3, -0.25) is 0 Å². The van der Waals surface area contributed by atoms with Crippen LogP contribution < -0.4 is 0 Å². The van der Waals surface area contributed by atoms with Crippen LogP contribution in [0.25, 0.3) is 45.9 Å². The lowest BCUT2D eigenvalue weighted by Gasteiger charge is -2.24. The molecule has 5 aromatic rings. The molecule has 2 heterocycles. The number of hydrogen-bond acceptors (Lipinski definition) is 4. The molecule has 0 saturated carbocycles. The monoisotopic (exact) mass is 531 g/mol. The summed E-state index contributed by atoms with van der Waals surface area (Å²) in [6.45, 7) is 0. The number of furan rings is 1. The van der Waals surface area contributed by atoms with Crippen LogP contribution in [0, 0.1) is 5.92 Å². The van der Waals surface area contributed by atoms with E-state index in [2.05, 4.69) is 97.1 Å². The molecule has 41 heavy (non-hydrogen) atoms. The fraction of sp³-hybridized carbons (Fsp3) is 0.162. The maximum atomic E-state index is 6.26. The molecule has 0 amide bonds. The first kappa shape index (κ1) is 24.0. The molecule has 0 saturated heterocycles. The van der Waals surface area contributed by atoms with Crippen molar-refractivity contribution in [1.29, 1.82) is 0 Å². The molecule has 0 bridgehead atoms. The van der Waals surface area contributed by atoms with E-state index in [9.17, 15) is 0 Å². The number of nitrogens with zero attached hydrogens (tertiary/aromatic N) is 3. The van der Waals surface area contributed by atoms with Crippen LogP contribution in [0.2, 0.25) is 0 Å². The molecule has 3 aliphatic carbocycles. The smallest absolute Gasteiger partial charge is 0.163 e. The van der Waals surface area contributed by atoms with Gasteiger partial charge in [0, 0.05) is 40.3 Å². The molecule has 2 aromatic heterocycles. The minimum atomic E-state index is 0.0904. The summed E-state index contributed by atoms with van der Waals surface area (Å²) in [7, 11) is 0. The molecule has 3 aliphatic rings. The zero-order valence-electron chi connectivity index (χ0n) is 22.7. The topological polar surface area (TPSA) is 51.8 Å². The molecule has 2 unspecified atom stereocenters. The maximum absolute atomic E-state index is 6.26. The van der Waals surface area contributed by atoms with E-state index in [0.717, 1.165) is 59.4 Å². The Morgan fingerprint density at radius 3 is 2.44 bits per heavy atom. The van der Waals surface area contributed by atoms with E-state index in [1.165, 1.54) is 22.3 Å². The SMILES string of the molecule is C1=Cc2c(oc3cc(-c4nc(-c5ccccc5)nc(C5C=CC(C6C=Cc7ccccc7C6)=CC5)n4)ccc23)CC1. The molecule has 0 N–H and O–H groups in total. The lowest BCUT2D eigenvalue weighted by Crippen LogP contribution is -2.13. The zero-order chi connectivity index (χ0) is 27.2. The van der Waals surface area contributed by atoms with E-state index in [1.807, 2.05) is 18.2 Å². The molecule has 0 radical (unpaired) electrons. The molecular formula is C37H29N3O. The van der Waals surface area contributed by atoms with E-state index >= 15 is 0 Å². The van der Waals surface area contributed by atoms with Gasteiger partial charge in [0.1, 0.15) is 17.2 Å². The Hall–Kier alpha value is -4.83. The summed E-state index contributed by atoms with van der Waals surface area (Å²) >= 11 is 0. The van der Waals surface area contributed by atoms with Gasteiger partial charge in [0.05, 0.1) is 0 Å². The number of rotatable bonds is 4. The second-order valence-electron chi connectivity index (χ2n) is 11.1. The first-order valence-corrected chi connectivity index (χ1v) is 14.5. The predicted molar refractivity (Wildman–Crippen MR) is 165 cm³/mol. The summed E-state index contributed by atoms with van der Waals surface area (Å²) in [5, 5.41) is 1.14. The summed E-state index contributed by atoms with van der Waals surface area (Å²) in [5.41, 5.74) is 8.12. The summed E-state index contributed by atoms with van der Waals surface area (Å²) < 4.78 is 6.26. The first-order valence-electron chi connectivity index (χ1n) is 14.5. The number of aromatic nitrogens is 3. The van der Waals surface area contributed by atoms with Gasteiger partial charge in [0.2, 0.25) is 0 Å². The van der Waals surface area contributed by atoms with Gasteiger partial charge >= 0.3 is 0 Å². The number of allylic oxidation sites excluding steroid dienone is 6. The number of hydrogen-bond donors (Lipinski definition) is 0. The normalized spacial score (nSPS) is 19.2. The van der Waals surface area contributed by atoms with E-state index in [4.69, 9.17) is 19.4 Å². The highest BCUT2D eigenvalue weighted by Gasteiger charge is 2.23. The van der Waals surface area contributed by atoms with Crippen molar-refractivity contribution in [3.05, 3.63) is 137 Å². The average Bonchev–Trinajstić information content (AvgIpc) is 3.43. The van der Waals surface area contributed by atoms with Crippen molar-refractivity contribution >= 4 is 23.1 Å². The zero-order valence-corrected chi connectivity index (χ0v) is 22.7. The fourth-order valence-electron chi connectivity index (χ4n) is 6.23. The Balaban J connectivity index is 1.13. The molecule has 0 fully saturated rings. The highest BCUT2D eigenvalue weighted by atomic mass is 16.3. The van der Waals surface area contributed by atoms with Gasteiger partial charge in [-0.2, -0.15) is 0 Å². The van der Waals surface area contributed by atoms with E-state index < -0.39 is 0 Å². The van der Waals surface area contributed by atoms with Crippen LogP contribution in [0.4, 0.5) is 0 Å². The van der Waals surface area contributed by atoms with Crippen LogP contribution in [0.1, 0.15) is 47.0 Å². The Bertz CT molecular complexity index is 1910. The third-order valence-corrected chi connectivity index (χ3v) is 8.46. The summed E-state index contributed by atoms with van der Waals surface area (Å²) in [6.07, 6.45) is 19.8. The second-order valence-corrected chi connectivity index (χ2v) is 11.1. The molecule has 3 aromatic carbocycles. The highest BCUT2D eigenvalue weighted by molar-refractivity contribution is 5.91. The summed E-state index contributed by atoms with van der Waals surface area (Å²) in [6, 6.07) is 25.2. The molecule has 4 heteroatoms. The molecule has 198 valence electrons. The van der Waals surface area contributed by atoms with Gasteiger partial charge in [-0.05, 0) is 48.1 Å². The third-order valence-electron chi connectivity index (χ3n) is 8.46. The molecule has 2 atom stereocenters. The molecule has 4 nitrogen and oxygen atoms in total. The van der Waals surface area contributed by atoms with Gasteiger partial charge in [-0.1, -0.05) is 103 Å². The molecule has 0 aliphatic heterocycles. The van der Waals surface area contributed by atoms with Gasteiger partial charge in [-0.15, -0.1) is 0 Å². The summed E-state index contributed by atoms with van der Waals surface area (Å²) in [5.74, 6) is 3.72. The van der Waals surface area contributed by atoms with Crippen LogP contribution >= 0.6 is 0 Å². The van der Waals surface area contributed by atoms with Crippen molar-refractivity contribution in [2.45, 2.75) is 31.6 Å². The van der Waals surface area contributed by atoms with Gasteiger partial charge < -0.3 is 4.42 Å². The number of fused-ring (bicyclic) bond motifs is 4. The number of benzene rings is 3. The highest BCUT2D eigenvalue weighted by Crippen LogP contribution is 2.36. The Morgan fingerprint density at radius 1 is 0.732 bits per heavy atom. The minimum absolute atomic E-state index is 0.0904. The fourth-order valence-corrected chi connectivity index (χ4v) is 6.23. The van der Waals surface area contributed by atoms with E-state index in [1.54, 1.807) is 0 Å². The van der Waals surface area contributed by atoms with Gasteiger partial charge in [0.25, 0.3) is 0 Å². The first-order chi connectivity index (χ1) is 20.3. The van der Waals surface area contributed by atoms with E-state index in [0.29, 0.717) is 17.6 Å². The molecular weight excluding hydrogens is 502 g/mol. The van der Waals surface area contributed by atoms with Crippen LogP contribution in [-0.2, 0) is 12.8 Å². The Kier molecular flexibility index (Phi) is 5.84. The summed E-state index contributed by atoms with van der Waals surface area (Å²) in [4.78, 5) is 15.0. The molecule has 0 spiro atoms. The minimum Gasteiger partial charge on any atom is -0.460 e.